The molecule has 0 saturated heterocycles. The molecule has 3 nitrogen and oxygen atoms in total. The summed E-state index contributed by atoms with van der Waals surface area (Å²) in [7, 11) is 0. The summed E-state index contributed by atoms with van der Waals surface area (Å²) in [5.41, 5.74) is 3.38. The zero-order chi connectivity index (χ0) is 18.2. The van der Waals surface area contributed by atoms with Gasteiger partial charge in [0.15, 0.2) is 0 Å². The molecule has 3 rings (SSSR count). The predicted molar refractivity (Wildman–Crippen MR) is 105 cm³/mol. The van der Waals surface area contributed by atoms with Crippen molar-refractivity contribution in [1.82, 2.24) is 15.0 Å². The molecule has 0 aliphatic heterocycles. The Morgan fingerprint density at radius 2 is 1.64 bits per heavy atom. The maximum atomic E-state index is 4.70. The van der Waals surface area contributed by atoms with E-state index in [4.69, 9.17) is 5.21 Å². The molecule has 2 aliphatic rings. The van der Waals surface area contributed by atoms with Crippen molar-refractivity contribution in [3.8, 4) is 0 Å². The van der Waals surface area contributed by atoms with Gasteiger partial charge in [-0.3, -0.25) is 0 Å². The summed E-state index contributed by atoms with van der Waals surface area (Å²) in [6.45, 7) is 14.3. The quantitative estimate of drug-likeness (QED) is 0.655. The zero-order valence-electron chi connectivity index (χ0n) is 17.4. The van der Waals surface area contributed by atoms with Crippen LogP contribution in [0, 0.1) is 23.2 Å². The summed E-state index contributed by atoms with van der Waals surface area (Å²) in [5.74, 6) is 2.78. The van der Waals surface area contributed by atoms with Crippen molar-refractivity contribution in [3.05, 3.63) is 11.4 Å². The van der Waals surface area contributed by atoms with Crippen LogP contribution in [0.2, 0.25) is 0 Å². The maximum Gasteiger partial charge on any atom is 0.0859 e. The van der Waals surface area contributed by atoms with E-state index in [-0.39, 0.29) is 5.54 Å². The van der Waals surface area contributed by atoms with E-state index in [2.05, 4.69) is 51.3 Å². The number of fused-ring (bicyclic) bond motifs is 2. The molecule has 2 aliphatic carbocycles. The van der Waals surface area contributed by atoms with Crippen LogP contribution in [0.4, 0.5) is 0 Å². The summed E-state index contributed by atoms with van der Waals surface area (Å²) >= 11 is 0. The molecule has 0 N–H and O–H groups in total. The SMILES string of the molecule is CCCCC(C)(CCC)n1nnc2c1CC[C@@H]1C(C(C)(C)C)[C@@H]1CC2. The lowest BCUT2D eigenvalue weighted by molar-refractivity contribution is 0.222. The monoisotopic (exact) mass is 345 g/mol. The van der Waals surface area contributed by atoms with Gasteiger partial charge in [0.25, 0.3) is 0 Å². The Kier molecular flexibility index (Phi) is 5.33. The molecule has 1 saturated carbocycles. The molecule has 3 heteroatoms. The van der Waals surface area contributed by atoms with E-state index in [0.29, 0.717) is 5.41 Å². The van der Waals surface area contributed by atoms with E-state index in [1.807, 2.05) is 0 Å². The standard InChI is InChI=1S/C22H39N3/c1-7-9-15-22(6,14-8-2)25-19-13-11-17-16(20(17)21(3,4)5)10-12-18(19)23-24-25/h16-17,20H,7-15H2,1-6H3/t16-,17+,20?,22?/m1/s1. The normalized spacial score (nSPS) is 28.5. The van der Waals surface area contributed by atoms with E-state index >= 15 is 0 Å². The van der Waals surface area contributed by atoms with Crippen LogP contribution in [0.5, 0.6) is 0 Å². The highest BCUT2D eigenvalue weighted by Crippen LogP contribution is 2.60. The first-order valence-corrected chi connectivity index (χ1v) is 10.8. The van der Waals surface area contributed by atoms with Crippen LogP contribution >= 0.6 is 0 Å². The second-order valence-electron chi connectivity index (χ2n) is 10.0. The van der Waals surface area contributed by atoms with Crippen LogP contribution in [-0.2, 0) is 18.4 Å². The van der Waals surface area contributed by atoms with Crippen molar-refractivity contribution in [2.75, 3.05) is 0 Å². The van der Waals surface area contributed by atoms with E-state index in [9.17, 15) is 0 Å². The molecule has 1 heterocycles. The fraction of sp³-hybridized carbons (Fsp3) is 0.909. The Morgan fingerprint density at radius 3 is 2.24 bits per heavy atom. The summed E-state index contributed by atoms with van der Waals surface area (Å²) < 4.78 is 2.36. The van der Waals surface area contributed by atoms with Gasteiger partial charge in [0.2, 0.25) is 0 Å². The fourth-order valence-corrected chi connectivity index (χ4v) is 5.77. The van der Waals surface area contributed by atoms with Gasteiger partial charge in [0.1, 0.15) is 0 Å². The number of aryl methyl sites for hydroxylation is 1. The molecule has 0 amide bonds. The third-order valence-electron chi connectivity index (χ3n) is 6.97. The van der Waals surface area contributed by atoms with Crippen LogP contribution in [0.3, 0.4) is 0 Å². The van der Waals surface area contributed by atoms with Crippen molar-refractivity contribution >= 4 is 0 Å². The molecule has 1 aromatic heterocycles. The van der Waals surface area contributed by atoms with Gasteiger partial charge >= 0.3 is 0 Å². The number of aromatic nitrogens is 3. The first kappa shape index (κ1) is 18.9. The Labute approximate surface area is 155 Å². The molecular formula is C22H39N3. The maximum absolute atomic E-state index is 4.70. The number of hydrogen-bond donors (Lipinski definition) is 0. The van der Waals surface area contributed by atoms with Gasteiger partial charge in [-0.1, -0.05) is 59.1 Å². The molecule has 2 unspecified atom stereocenters. The van der Waals surface area contributed by atoms with E-state index in [0.717, 1.165) is 24.2 Å². The molecular weight excluding hydrogens is 306 g/mol. The largest absolute Gasteiger partial charge is 0.243 e. The number of hydrogen-bond acceptors (Lipinski definition) is 2. The molecule has 1 fully saturated rings. The Hall–Kier alpha value is -0.860. The molecule has 0 spiro atoms. The third kappa shape index (κ3) is 3.66. The predicted octanol–water partition coefficient (Wildman–Crippen LogP) is 5.77. The van der Waals surface area contributed by atoms with E-state index < -0.39 is 0 Å². The molecule has 1 aromatic rings. The van der Waals surface area contributed by atoms with Crippen molar-refractivity contribution in [2.45, 2.75) is 105 Å². The highest BCUT2D eigenvalue weighted by atomic mass is 15.5. The number of unbranched alkanes of at least 4 members (excludes halogenated alkanes) is 1. The minimum atomic E-state index is 0.150. The fourth-order valence-electron chi connectivity index (χ4n) is 5.77. The van der Waals surface area contributed by atoms with Crippen LogP contribution in [0.1, 0.15) is 97.9 Å². The van der Waals surface area contributed by atoms with Crippen LogP contribution < -0.4 is 0 Å². The van der Waals surface area contributed by atoms with Gasteiger partial charge in [0.05, 0.1) is 16.9 Å². The summed E-state index contributed by atoms with van der Waals surface area (Å²) in [5, 5.41) is 9.37. The second-order valence-corrected chi connectivity index (χ2v) is 10.0. The second kappa shape index (κ2) is 7.04. The van der Waals surface area contributed by atoms with Crippen molar-refractivity contribution in [1.29, 1.82) is 0 Å². The minimum Gasteiger partial charge on any atom is -0.243 e. The topological polar surface area (TPSA) is 30.7 Å². The van der Waals surface area contributed by atoms with Gasteiger partial charge < -0.3 is 0 Å². The van der Waals surface area contributed by atoms with Crippen LogP contribution in [0.15, 0.2) is 0 Å². The highest BCUT2D eigenvalue weighted by molar-refractivity contribution is 5.17. The van der Waals surface area contributed by atoms with E-state index in [1.54, 1.807) is 0 Å². The van der Waals surface area contributed by atoms with Crippen molar-refractivity contribution in [3.63, 3.8) is 0 Å². The lowest BCUT2D eigenvalue weighted by Crippen LogP contribution is -2.33. The van der Waals surface area contributed by atoms with Gasteiger partial charge in [-0.25, -0.2) is 4.68 Å². The Bertz CT molecular complexity index is 583. The molecule has 25 heavy (non-hydrogen) atoms. The number of nitrogens with zero attached hydrogens (tertiary/aromatic N) is 3. The molecule has 142 valence electrons. The average Bonchev–Trinajstić information content (AvgIpc) is 3.07. The third-order valence-corrected chi connectivity index (χ3v) is 6.97. The van der Waals surface area contributed by atoms with Crippen LogP contribution in [-0.4, -0.2) is 15.0 Å². The van der Waals surface area contributed by atoms with Gasteiger partial charge in [0, 0.05) is 0 Å². The first-order chi connectivity index (χ1) is 11.8. The Morgan fingerprint density at radius 1 is 0.960 bits per heavy atom. The Balaban J connectivity index is 1.81. The number of rotatable bonds is 6. The van der Waals surface area contributed by atoms with Gasteiger partial charge in [-0.15, -0.1) is 5.10 Å². The molecule has 0 aromatic carbocycles. The minimum absolute atomic E-state index is 0.150. The lowest BCUT2D eigenvalue weighted by Gasteiger charge is -2.31. The van der Waals surface area contributed by atoms with Crippen molar-refractivity contribution < 1.29 is 0 Å². The summed E-state index contributed by atoms with van der Waals surface area (Å²) in [4.78, 5) is 0. The zero-order valence-corrected chi connectivity index (χ0v) is 17.4. The summed E-state index contributed by atoms with van der Waals surface area (Å²) in [6, 6.07) is 0. The first-order valence-electron chi connectivity index (χ1n) is 10.8. The van der Waals surface area contributed by atoms with E-state index in [1.165, 1.54) is 62.8 Å². The molecule has 0 bridgehead atoms. The summed E-state index contributed by atoms with van der Waals surface area (Å²) in [6.07, 6.45) is 11.2. The molecule has 0 radical (unpaired) electrons. The lowest BCUT2D eigenvalue weighted by atomic mass is 9.87. The smallest absolute Gasteiger partial charge is 0.0859 e. The van der Waals surface area contributed by atoms with Gasteiger partial charge in [-0.05, 0) is 68.6 Å². The van der Waals surface area contributed by atoms with Gasteiger partial charge in [-0.2, -0.15) is 0 Å². The highest BCUT2D eigenvalue weighted by Gasteiger charge is 2.55. The van der Waals surface area contributed by atoms with Crippen molar-refractivity contribution in [2.24, 2.45) is 23.2 Å². The molecule has 4 atom stereocenters. The van der Waals surface area contributed by atoms with Crippen LogP contribution in [0.25, 0.3) is 0 Å². The average molecular weight is 346 g/mol.